The monoisotopic (exact) mass is 363 g/mol. The number of carbonyl (C=O) groups excluding carboxylic acids is 1. The van der Waals surface area contributed by atoms with E-state index in [9.17, 15) is 9.18 Å². The van der Waals surface area contributed by atoms with Crippen molar-refractivity contribution in [3.63, 3.8) is 0 Å². The predicted octanol–water partition coefficient (Wildman–Crippen LogP) is 2.96. The van der Waals surface area contributed by atoms with Crippen molar-refractivity contribution in [2.75, 3.05) is 13.2 Å². The molecular weight excluding hydrogens is 345 g/mol. The minimum atomic E-state index is -1.45. The summed E-state index contributed by atoms with van der Waals surface area (Å²) in [6.07, 6.45) is 1.66. The van der Waals surface area contributed by atoms with E-state index in [-0.39, 0.29) is 12.4 Å². The summed E-state index contributed by atoms with van der Waals surface area (Å²) in [6, 6.07) is 4.26. The quantitative estimate of drug-likeness (QED) is 0.436. The number of rotatable bonds is 8. The van der Waals surface area contributed by atoms with Gasteiger partial charge in [-0.3, -0.25) is 4.84 Å². The van der Waals surface area contributed by atoms with Crippen LogP contribution in [0, 0.1) is 5.82 Å². The molecule has 1 rings (SSSR count). The van der Waals surface area contributed by atoms with Gasteiger partial charge < -0.3 is 9.47 Å². The Morgan fingerprint density at radius 2 is 2.19 bits per heavy atom. The van der Waals surface area contributed by atoms with Crippen LogP contribution < -0.4 is 10.6 Å². The van der Waals surface area contributed by atoms with Crippen molar-refractivity contribution in [3.8, 4) is 5.75 Å². The molecule has 0 heterocycles. The first-order chi connectivity index (χ1) is 9.92. The number of hydrogen-bond acceptors (Lipinski definition) is 5. The molecule has 0 aliphatic rings. The molecule has 0 aromatic heterocycles. The third kappa shape index (κ3) is 5.26. The van der Waals surface area contributed by atoms with E-state index in [1.165, 1.54) is 19.1 Å². The molecule has 0 unspecified atom stereocenters. The van der Waals surface area contributed by atoms with Crippen molar-refractivity contribution in [2.24, 2.45) is 5.90 Å². The SMILES string of the molecule is CCCCOC(=O)[C@](C)(COc1ccc(Br)c(F)c1)ON. The number of hydrogen-bond donors (Lipinski definition) is 1. The second-order valence-electron chi connectivity index (χ2n) is 4.70. The van der Waals surface area contributed by atoms with Crippen LogP contribution >= 0.6 is 15.9 Å². The lowest BCUT2D eigenvalue weighted by Gasteiger charge is -2.24. The Morgan fingerprint density at radius 3 is 2.76 bits per heavy atom. The molecule has 2 N–H and O–H groups in total. The Balaban J connectivity index is 2.63. The maximum absolute atomic E-state index is 13.4. The average Bonchev–Trinajstić information content (AvgIpc) is 2.48. The zero-order chi connectivity index (χ0) is 15.9. The standard InChI is InChI=1S/C14H19BrFNO4/c1-3-4-7-19-13(18)14(2,21-17)9-20-10-5-6-11(15)12(16)8-10/h5-6,8H,3-4,7,9,17H2,1-2H3/t14-/m0/s1. The molecule has 21 heavy (non-hydrogen) atoms. The average molecular weight is 364 g/mol. The van der Waals surface area contributed by atoms with Gasteiger partial charge >= 0.3 is 5.97 Å². The summed E-state index contributed by atoms with van der Waals surface area (Å²) in [5, 5.41) is 0. The van der Waals surface area contributed by atoms with Gasteiger partial charge in [0.2, 0.25) is 5.60 Å². The molecular formula is C14H19BrFNO4. The largest absolute Gasteiger partial charge is 0.490 e. The summed E-state index contributed by atoms with van der Waals surface area (Å²) in [7, 11) is 0. The second kappa shape index (κ2) is 8.31. The summed E-state index contributed by atoms with van der Waals surface area (Å²) < 4.78 is 24.1. The van der Waals surface area contributed by atoms with E-state index in [0.29, 0.717) is 11.1 Å². The van der Waals surface area contributed by atoms with Crippen LogP contribution in [0.4, 0.5) is 4.39 Å². The van der Waals surface area contributed by atoms with Crippen LogP contribution in [0.3, 0.4) is 0 Å². The molecule has 0 aliphatic carbocycles. The minimum Gasteiger partial charge on any atom is -0.490 e. The molecule has 1 aromatic carbocycles. The topological polar surface area (TPSA) is 70.8 Å². The van der Waals surface area contributed by atoms with Gasteiger partial charge in [-0.05, 0) is 41.4 Å². The molecule has 118 valence electrons. The van der Waals surface area contributed by atoms with Crippen LogP contribution in [-0.2, 0) is 14.4 Å². The number of halogens is 2. The number of nitrogens with two attached hydrogens (primary N) is 1. The molecule has 0 bridgehead atoms. The Kier molecular flexibility index (Phi) is 7.07. The van der Waals surface area contributed by atoms with E-state index in [2.05, 4.69) is 15.9 Å². The minimum absolute atomic E-state index is 0.185. The van der Waals surface area contributed by atoms with Gasteiger partial charge in [0.05, 0.1) is 11.1 Å². The molecule has 0 saturated carbocycles. The van der Waals surface area contributed by atoms with Crippen LogP contribution in [0.1, 0.15) is 26.7 Å². The number of carbonyl (C=O) groups is 1. The lowest BCUT2D eigenvalue weighted by atomic mass is 10.1. The molecule has 0 fully saturated rings. The fourth-order valence-corrected chi connectivity index (χ4v) is 1.64. The van der Waals surface area contributed by atoms with Gasteiger partial charge in [0.1, 0.15) is 18.2 Å². The highest BCUT2D eigenvalue weighted by Gasteiger charge is 2.37. The zero-order valence-corrected chi connectivity index (χ0v) is 13.6. The molecule has 5 nitrogen and oxygen atoms in total. The second-order valence-corrected chi connectivity index (χ2v) is 5.56. The van der Waals surface area contributed by atoms with Gasteiger partial charge in [0.25, 0.3) is 0 Å². The third-order valence-corrected chi connectivity index (χ3v) is 3.47. The fourth-order valence-electron chi connectivity index (χ4n) is 1.39. The lowest BCUT2D eigenvalue weighted by Crippen LogP contribution is -2.47. The van der Waals surface area contributed by atoms with Crippen molar-refractivity contribution >= 4 is 21.9 Å². The van der Waals surface area contributed by atoms with Crippen molar-refractivity contribution in [2.45, 2.75) is 32.3 Å². The number of unbranched alkanes of at least 4 members (excludes halogenated alkanes) is 1. The zero-order valence-electron chi connectivity index (χ0n) is 12.0. The van der Waals surface area contributed by atoms with Gasteiger partial charge in [-0.15, -0.1) is 0 Å². The van der Waals surface area contributed by atoms with E-state index in [1.54, 1.807) is 6.07 Å². The Labute approximate surface area is 131 Å². The summed E-state index contributed by atoms with van der Waals surface area (Å²) >= 11 is 3.04. The van der Waals surface area contributed by atoms with Crippen LogP contribution in [0.2, 0.25) is 0 Å². The Hall–Kier alpha value is -1.18. The number of ether oxygens (including phenoxy) is 2. The summed E-state index contributed by atoms with van der Waals surface area (Å²) in [5.74, 6) is 4.35. The molecule has 7 heteroatoms. The summed E-state index contributed by atoms with van der Waals surface area (Å²) in [4.78, 5) is 16.6. The van der Waals surface area contributed by atoms with Crippen LogP contribution in [0.15, 0.2) is 22.7 Å². The maximum atomic E-state index is 13.4. The Bertz CT molecular complexity index is 486. The van der Waals surface area contributed by atoms with Crippen molar-refractivity contribution < 1.29 is 23.5 Å². The van der Waals surface area contributed by atoms with E-state index in [0.717, 1.165) is 12.8 Å². The summed E-state index contributed by atoms with van der Waals surface area (Å²) in [5.41, 5.74) is -1.45. The number of esters is 1. The molecule has 0 spiro atoms. The van der Waals surface area contributed by atoms with Gasteiger partial charge in [0, 0.05) is 6.07 Å². The van der Waals surface area contributed by atoms with Crippen molar-refractivity contribution in [1.82, 2.24) is 0 Å². The fraction of sp³-hybridized carbons (Fsp3) is 0.500. The molecule has 0 aliphatic heterocycles. The lowest BCUT2D eigenvalue weighted by molar-refractivity contribution is -0.175. The van der Waals surface area contributed by atoms with Gasteiger partial charge in [-0.1, -0.05) is 13.3 Å². The van der Waals surface area contributed by atoms with Crippen molar-refractivity contribution in [3.05, 3.63) is 28.5 Å². The summed E-state index contributed by atoms with van der Waals surface area (Å²) in [6.45, 7) is 3.55. The normalized spacial score (nSPS) is 13.6. The molecule has 0 amide bonds. The van der Waals surface area contributed by atoms with Gasteiger partial charge in [0.15, 0.2) is 0 Å². The highest BCUT2D eigenvalue weighted by atomic mass is 79.9. The molecule has 0 saturated heterocycles. The van der Waals surface area contributed by atoms with Crippen LogP contribution in [0.5, 0.6) is 5.75 Å². The molecule has 1 aromatic rings. The van der Waals surface area contributed by atoms with Gasteiger partial charge in [-0.25, -0.2) is 15.1 Å². The van der Waals surface area contributed by atoms with E-state index in [4.69, 9.17) is 20.2 Å². The van der Waals surface area contributed by atoms with E-state index < -0.39 is 17.4 Å². The molecule has 1 atom stereocenters. The van der Waals surface area contributed by atoms with Gasteiger partial charge in [-0.2, -0.15) is 0 Å². The Morgan fingerprint density at radius 1 is 1.48 bits per heavy atom. The third-order valence-electron chi connectivity index (χ3n) is 2.83. The highest BCUT2D eigenvalue weighted by molar-refractivity contribution is 9.10. The van der Waals surface area contributed by atoms with Crippen LogP contribution in [-0.4, -0.2) is 24.8 Å². The van der Waals surface area contributed by atoms with E-state index in [1.807, 2.05) is 6.92 Å². The predicted molar refractivity (Wildman–Crippen MR) is 79.1 cm³/mol. The smallest absolute Gasteiger partial charge is 0.343 e. The maximum Gasteiger partial charge on any atom is 0.343 e. The van der Waals surface area contributed by atoms with Crippen LogP contribution in [0.25, 0.3) is 0 Å². The first-order valence-electron chi connectivity index (χ1n) is 6.56. The van der Waals surface area contributed by atoms with Crippen molar-refractivity contribution in [1.29, 1.82) is 0 Å². The first kappa shape index (κ1) is 17.9. The highest BCUT2D eigenvalue weighted by Crippen LogP contribution is 2.22. The molecule has 0 radical (unpaired) electrons. The first-order valence-corrected chi connectivity index (χ1v) is 7.35. The van der Waals surface area contributed by atoms with E-state index >= 15 is 0 Å². The number of benzene rings is 1.